The number of amides is 1. The molecule has 0 radical (unpaired) electrons. The lowest BCUT2D eigenvalue weighted by Gasteiger charge is -2.56. The number of carbonyl (C=O) groups excluding carboxylic acids is 1. The van der Waals surface area contributed by atoms with E-state index < -0.39 is 31.4 Å². The van der Waals surface area contributed by atoms with Gasteiger partial charge in [0.05, 0.1) is 27.5 Å². The van der Waals surface area contributed by atoms with Crippen LogP contribution in [-0.4, -0.2) is 67.5 Å². The van der Waals surface area contributed by atoms with Gasteiger partial charge in [-0.3, -0.25) is 19.8 Å². The van der Waals surface area contributed by atoms with Crippen molar-refractivity contribution in [2.24, 2.45) is 11.1 Å². The van der Waals surface area contributed by atoms with Crippen LogP contribution in [0.5, 0.6) is 5.88 Å². The Morgan fingerprint density at radius 3 is 2.40 bits per heavy atom. The standard InChI is InChI=1S/C42H46N6O6S/c43-40(49)34-15-14-30(46-19-16-42(17-20-46)24-31(25-42)47-18-6-11-35(47)33-10-5-4-9-32(33)28-12-13-28)22-37(34)55(52,53)38-23-36(48(50)51)39-41(45-38)54-26-29(44-39)21-27-7-2-1-3-8-27/h1-5,7-10,14-15,22-23,28-29,31,35,44H,6,11-13,16-21,24-26H2,(H2,43,49)/t29-,35+/m0/s1. The molecular formula is C42H46N6O6S. The smallest absolute Gasteiger partial charge is 0.300 e. The fourth-order valence-electron chi connectivity index (χ4n) is 9.65. The number of pyridine rings is 1. The van der Waals surface area contributed by atoms with Crippen molar-refractivity contribution in [2.75, 3.05) is 36.5 Å². The summed E-state index contributed by atoms with van der Waals surface area (Å²) in [6.07, 6.45) is 9.96. The third-order valence-corrected chi connectivity index (χ3v) is 14.4. The van der Waals surface area contributed by atoms with Gasteiger partial charge in [0.1, 0.15) is 6.61 Å². The number of rotatable bonds is 10. The van der Waals surface area contributed by atoms with Gasteiger partial charge in [-0.1, -0.05) is 54.6 Å². The highest BCUT2D eigenvalue weighted by Gasteiger charge is 2.50. The molecule has 5 aliphatic rings. The van der Waals surface area contributed by atoms with Crippen LogP contribution in [0.15, 0.2) is 88.8 Å². The maximum atomic E-state index is 14.3. The summed E-state index contributed by atoms with van der Waals surface area (Å²) < 4.78 is 34.4. The van der Waals surface area contributed by atoms with Crippen LogP contribution in [-0.2, 0) is 16.3 Å². The summed E-state index contributed by atoms with van der Waals surface area (Å²) >= 11 is 0. The average Bonchev–Trinajstić information content (AvgIpc) is 3.92. The third kappa shape index (κ3) is 6.71. The van der Waals surface area contributed by atoms with Gasteiger partial charge in [0.15, 0.2) is 10.7 Å². The Morgan fingerprint density at radius 1 is 0.964 bits per heavy atom. The molecule has 2 aliphatic carbocycles. The number of carbonyl (C=O) groups is 1. The molecule has 2 saturated heterocycles. The Hall–Kier alpha value is -5.01. The number of sulfone groups is 1. The van der Waals surface area contributed by atoms with Crippen LogP contribution in [0.4, 0.5) is 17.1 Å². The zero-order valence-electron chi connectivity index (χ0n) is 30.7. The number of benzene rings is 3. The fraction of sp³-hybridized carbons (Fsp3) is 0.429. The van der Waals surface area contributed by atoms with Crippen molar-refractivity contribution in [3.05, 3.63) is 111 Å². The van der Waals surface area contributed by atoms with Crippen molar-refractivity contribution in [3.8, 4) is 5.88 Å². The van der Waals surface area contributed by atoms with Gasteiger partial charge >= 0.3 is 5.69 Å². The van der Waals surface area contributed by atoms with E-state index in [1.54, 1.807) is 17.2 Å². The molecule has 55 heavy (non-hydrogen) atoms. The van der Waals surface area contributed by atoms with E-state index >= 15 is 0 Å². The van der Waals surface area contributed by atoms with E-state index in [-0.39, 0.29) is 40.1 Å². The summed E-state index contributed by atoms with van der Waals surface area (Å²) in [6.45, 7) is 2.78. The van der Waals surface area contributed by atoms with Gasteiger partial charge in [-0.25, -0.2) is 8.42 Å². The van der Waals surface area contributed by atoms with Gasteiger partial charge in [0, 0.05) is 30.9 Å². The number of likely N-dealkylation sites (tertiary alicyclic amines) is 1. The van der Waals surface area contributed by atoms with Gasteiger partial charge in [0.2, 0.25) is 21.6 Å². The number of hydrogen-bond donors (Lipinski definition) is 2. The van der Waals surface area contributed by atoms with E-state index in [1.165, 1.54) is 50.7 Å². The molecule has 2 saturated carbocycles. The van der Waals surface area contributed by atoms with Crippen molar-refractivity contribution in [1.29, 1.82) is 0 Å². The SMILES string of the molecule is NC(=O)c1ccc(N2CCC3(CC2)CC(N2CCC[C@@H]2c2ccccc2C2CC2)C3)cc1S(=O)(=O)c1cc([N+](=O)[O-])c2c(n1)OC[C@H](Cc1ccccc1)N2. The van der Waals surface area contributed by atoms with E-state index in [0.29, 0.717) is 24.2 Å². The number of fused-ring (bicyclic) bond motifs is 1. The van der Waals surface area contributed by atoms with E-state index in [2.05, 4.69) is 44.4 Å². The van der Waals surface area contributed by atoms with Crippen LogP contribution in [0.2, 0.25) is 0 Å². The molecular weight excluding hydrogens is 717 g/mol. The first-order valence-electron chi connectivity index (χ1n) is 19.5. The lowest BCUT2D eigenvalue weighted by atomic mass is 9.59. The molecule has 4 heterocycles. The molecule has 286 valence electrons. The molecule has 0 unspecified atom stereocenters. The monoisotopic (exact) mass is 762 g/mol. The van der Waals surface area contributed by atoms with Crippen LogP contribution < -0.4 is 20.7 Å². The molecule has 1 spiro atoms. The van der Waals surface area contributed by atoms with Crippen LogP contribution in [0.3, 0.4) is 0 Å². The van der Waals surface area contributed by atoms with Crippen LogP contribution >= 0.6 is 0 Å². The fourth-order valence-corrected chi connectivity index (χ4v) is 11.1. The van der Waals surface area contributed by atoms with Crippen LogP contribution in [0.25, 0.3) is 0 Å². The Kier molecular flexibility index (Phi) is 9.04. The van der Waals surface area contributed by atoms with Crippen molar-refractivity contribution in [1.82, 2.24) is 9.88 Å². The maximum absolute atomic E-state index is 14.3. The zero-order valence-corrected chi connectivity index (χ0v) is 31.5. The molecule has 3 aliphatic heterocycles. The molecule has 4 fully saturated rings. The second-order valence-electron chi connectivity index (χ2n) is 16.2. The summed E-state index contributed by atoms with van der Waals surface area (Å²) in [7, 11) is -4.55. The summed E-state index contributed by atoms with van der Waals surface area (Å²) in [4.78, 5) is 33.1. The number of aromatic nitrogens is 1. The van der Waals surface area contributed by atoms with Crippen LogP contribution in [0, 0.1) is 15.5 Å². The van der Waals surface area contributed by atoms with Gasteiger partial charge in [-0.05, 0) is 111 Å². The molecule has 3 N–H and O–H groups in total. The Bertz CT molecular complexity index is 2250. The summed E-state index contributed by atoms with van der Waals surface area (Å²) in [6, 6.07) is 25.1. The first-order chi connectivity index (χ1) is 26.6. The molecule has 3 aromatic carbocycles. The normalized spacial score (nSPS) is 22.4. The minimum Gasteiger partial charge on any atom is -0.474 e. The van der Waals surface area contributed by atoms with E-state index in [1.807, 2.05) is 30.3 Å². The minimum atomic E-state index is -4.55. The zero-order chi connectivity index (χ0) is 37.9. The number of nitrogens with zero attached hydrogens (tertiary/aromatic N) is 4. The lowest BCUT2D eigenvalue weighted by Crippen LogP contribution is -2.55. The van der Waals surface area contributed by atoms with Crippen LogP contribution in [0.1, 0.15) is 90.4 Å². The number of anilines is 2. The number of piperidine rings is 1. The van der Waals surface area contributed by atoms with Crippen molar-refractivity contribution in [2.45, 2.75) is 91.8 Å². The van der Waals surface area contributed by atoms with E-state index in [9.17, 15) is 23.3 Å². The molecule has 1 aromatic heterocycles. The predicted molar refractivity (Wildman–Crippen MR) is 208 cm³/mol. The van der Waals surface area contributed by atoms with E-state index in [4.69, 9.17) is 10.5 Å². The van der Waals surface area contributed by atoms with Crippen molar-refractivity contribution < 1.29 is 22.9 Å². The third-order valence-electron chi connectivity index (χ3n) is 12.7. The second kappa shape index (κ2) is 13.9. The number of nitro groups is 1. The highest BCUT2D eigenvalue weighted by atomic mass is 32.2. The summed E-state index contributed by atoms with van der Waals surface area (Å²) in [5.41, 5.74) is 10.1. The quantitative estimate of drug-likeness (QED) is 0.130. The Labute approximate surface area is 321 Å². The molecule has 2 atom stereocenters. The lowest BCUT2D eigenvalue weighted by molar-refractivity contribution is -0.384. The maximum Gasteiger partial charge on any atom is 0.300 e. The minimum absolute atomic E-state index is 0.0174. The number of ether oxygens (including phenoxy) is 1. The van der Waals surface area contributed by atoms with Gasteiger partial charge < -0.3 is 20.7 Å². The van der Waals surface area contributed by atoms with Crippen molar-refractivity contribution >= 4 is 32.8 Å². The van der Waals surface area contributed by atoms with Gasteiger partial charge in [-0.15, -0.1) is 0 Å². The van der Waals surface area contributed by atoms with E-state index in [0.717, 1.165) is 50.0 Å². The molecule has 4 aromatic rings. The Balaban J connectivity index is 0.914. The molecule has 9 rings (SSSR count). The topological polar surface area (TPSA) is 161 Å². The highest BCUT2D eigenvalue weighted by Crippen LogP contribution is 2.55. The van der Waals surface area contributed by atoms with Gasteiger partial charge in [0.25, 0.3) is 0 Å². The van der Waals surface area contributed by atoms with Gasteiger partial charge in [-0.2, -0.15) is 4.98 Å². The second-order valence-corrected chi connectivity index (χ2v) is 18.0. The number of nitrogens with one attached hydrogen (secondary N) is 1. The largest absolute Gasteiger partial charge is 0.474 e. The molecule has 12 nitrogen and oxygen atoms in total. The number of primary amides is 1. The van der Waals surface area contributed by atoms with Crippen molar-refractivity contribution in [3.63, 3.8) is 0 Å². The summed E-state index contributed by atoms with van der Waals surface area (Å²) in [5.74, 6) is -0.362. The molecule has 0 bridgehead atoms. The predicted octanol–water partition coefficient (Wildman–Crippen LogP) is 6.80. The number of hydrogen-bond acceptors (Lipinski definition) is 10. The first-order valence-corrected chi connectivity index (χ1v) is 21.0. The highest BCUT2D eigenvalue weighted by molar-refractivity contribution is 7.91. The molecule has 1 amide bonds. The Morgan fingerprint density at radius 2 is 1.69 bits per heavy atom. The first kappa shape index (κ1) is 35.7. The number of nitrogens with two attached hydrogens (primary N) is 1. The summed E-state index contributed by atoms with van der Waals surface area (Å²) in [5, 5.41) is 14.8. The molecule has 13 heteroatoms. The average molecular weight is 763 g/mol.